The van der Waals surface area contributed by atoms with E-state index in [0.29, 0.717) is 12.0 Å². The van der Waals surface area contributed by atoms with Gasteiger partial charge in [-0.1, -0.05) is 0 Å². The van der Waals surface area contributed by atoms with Crippen LogP contribution >= 0.6 is 11.5 Å². The Balaban J connectivity index is 1.48. The van der Waals surface area contributed by atoms with Gasteiger partial charge in [-0.3, -0.25) is 4.68 Å². The van der Waals surface area contributed by atoms with E-state index >= 15 is 0 Å². The molecule has 2 aromatic heterocycles. The third kappa shape index (κ3) is 2.14. The fraction of sp³-hybridized carbons (Fsp3) is 0.615. The molecule has 0 aromatic carbocycles. The van der Waals surface area contributed by atoms with Crippen LogP contribution in [0.3, 0.4) is 0 Å². The van der Waals surface area contributed by atoms with E-state index in [1.807, 2.05) is 6.20 Å². The largest absolute Gasteiger partial charge is 0.345 e. The maximum absolute atomic E-state index is 4.69. The Morgan fingerprint density at radius 1 is 1.32 bits per heavy atom. The monoisotopic (exact) mass is 275 g/mol. The summed E-state index contributed by atoms with van der Waals surface area (Å²) in [6.07, 6.45) is 7.74. The van der Waals surface area contributed by atoms with E-state index < -0.39 is 0 Å². The number of nitrogens with zero attached hydrogens (tertiary/aromatic N) is 5. The van der Waals surface area contributed by atoms with Crippen LogP contribution in [-0.2, 0) is 0 Å². The smallest absolute Gasteiger partial charge is 0.205 e. The Morgan fingerprint density at radius 3 is 2.95 bits per heavy atom. The molecule has 0 bridgehead atoms. The van der Waals surface area contributed by atoms with Crippen LogP contribution in [0.15, 0.2) is 12.4 Å². The molecule has 0 spiro atoms. The minimum atomic E-state index is 0.474. The second-order valence-electron chi connectivity index (χ2n) is 5.60. The quantitative estimate of drug-likeness (QED) is 0.863. The SMILES string of the molecule is Cc1cnn(C2CCN(c3nc(C4CC4)ns3)C2)c1. The van der Waals surface area contributed by atoms with Crippen molar-refractivity contribution < 1.29 is 0 Å². The molecule has 100 valence electrons. The summed E-state index contributed by atoms with van der Waals surface area (Å²) in [6.45, 7) is 4.15. The average Bonchev–Trinajstić information content (AvgIpc) is 2.86. The summed E-state index contributed by atoms with van der Waals surface area (Å²) in [5.41, 5.74) is 1.23. The molecule has 1 unspecified atom stereocenters. The second-order valence-corrected chi connectivity index (χ2v) is 6.33. The number of anilines is 1. The number of rotatable bonds is 3. The molecule has 1 saturated carbocycles. The van der Waals surface area contributed by atoms with Crippen LogP contribution in [0, 0.1) is 6.92 Å². The van der Waals surface area contributed by atoms with E-state index in [1.54, 1.807) is 11.5 Å². The third-order valence-corrected chi connectivity index (χ3v) is 4.70. The van der Waals surface area contributed by atoms with Gasteiger partial charge in [0, 0.05) is 36.7 Å². The lowest BCUT2D eigenvalue weighted by atomic mass is 10.3. The molecule has 2 aromatic rings. The van der Waals surface area contributed by atoms with Crippen molar-refractivity contribution in [1.82, 2.24) is 19.1 Å². The van der Waals surface area contributed by atoms with Crippen LogP contribution in [0.2, 0.25) is 0 Å². The summed E-state index contributed by atoms with van der Waals surface area (Å²) in [7, 11) is 0. The van der Waals surface area contributed by atoms with Crippen molar-refractivity contribution in [2.75, 3.05) is 18.0 Å². The van der Waals surface area contributed by atoms with Crippen LogP contribution in [-0.4, -0.2) is 32.2 Å². The Labute approximate surface area is 116 Å². The Hall–Kier alpha value is -1.43. The summed E-state index contributed by atoms with van der Waals surface area (Å²) in [4.78, 5) is 7.04. The number of hydrogen-bond donors (Lipinski definition) is 0. The first kappa shape index (κ1) is 11.4. The molecular weight excluding hydrogens is 258 g/mol. The van der Waals surface area contributed by atoms with Crippen molar-refractivity contribution in [2.45, 2.75) is 38.1 Å². The van der Waals surface area contributed by atoms with Crippen LogP contribution in [0.25, 0.3) is 0 Å². The summed E-state index contributed by atoms with van der Waals surface area (Å²) >= 11 is 1.55. The molecule has 2 fully saturated rings. The second kappa shape index (κ2) is 4.30. The predicted octanol–water partition coefficient (Wildman–Crippen LogP) is 2.37. The minimum absolute atomic E-state index is 0.474. The molecule has 6 heteroatoms. The van der Waals surface area contributed by atoms with Gasteiger partial charge in [0.25, 0.3) is 0 Å². The van der Waals surface area contributed by atoms with Gasteiger partial charge in [-0.25, -0.2) is 4.98 Å². The van der Waals surface area contributed by atoms with Crippen molar-refractivity contribution in [2.24, 2.45) is 0 Å². The van der Waals surface area contributed by atoms with Gasteiger partial charge in [0.05, 0.1) is 12.2 Å². The predicted molar refractivity (Wildman–Crippen MR) is 74.7 cm³/mol. The molecule has 19 heavy (non-hydrogen) atoms. The highest BCUT2D eigenvalue weighted by Gasteiger charge is 2.31. The topological polar surface area (TPSA) is 46.8 Å². The van der Waals surface area contributed by atoms with Gasteiger partial charge in [0.15, 0.2) is 0 Å². The van der Waals surface area contributed by atoms with E-state index in [4.69, 9.17) is 4.98 Å². The summed E-state index contributed by atoms with van der Waals surface area (Å²) in [5, 5.41) is 5.52. The van der Waals surface area contributed by atoms with Gasteiger partial charge < -0.3 is 4.90 Å². The Kier molecular flexibility index (Phi) is 2.58. The standard InChI is InChI=1S/C13H17N5S/c1-9-6-14-18(7-9)11-4-5-17(8-11)13-15-12(16-19-13)10-2-3-10/h6-7,10-11H,2-5,8H2,1H3. The molecule has 3 heterocycles. The molecule has 4 rings (SSSR count). The molecule has 1 saturated heterocycles. The van der Waals surface area contributed by atoms with Gasteiger partial charge in [0.2, 0.25) is 5.13 Å². The van der Waals surface area contributed by atoms with Gasteiger partial charge in [-0.05, 0) is 31.7 Å². The van der Waals surface area contributed by atoms with E-state index in [9.17, 15) is 0 Å². The minimum Gasteiger partial charge on any atom is -0.345 e. The highest BCUT2D eigenvalue weighted by Crippen LogP contribution is 2.40. The maximum atomic E-state index is 4.69. The first-order valence-corrected chi connectivity index (χ1v) is 7.66. The van der Waals surface area contributed by atoms with Crippen molar-refractivity contribution in [1.29, 1.82) is 0 Å². The van der Waals surface area contributed by atoms with E-state index in [-0.39, 0.29) is 0 Å². The zero-order valence-corrected chi connectivity index (χ0v) is 11.8. The molecule has 1 aliphatic heterocycles. The first-order valence-electron chi connectivity index (χ1n) is 6.89. The van der Waals surface area contributed by atoms with E-state index in [1.165, 1.54) is 18.4 Å². The average molecular weight is 275 g/mol. The molecular formula is C13H17N5S. The van der Waals surface area contributed by atoms with Gasteiger partial charge >= 0.3 is 0 Å². The van der Waals surface area contributed by atoms with Gasteiger partial charge in [-0.15, -0.1) is 0 Å². The van der Waals surface area contributed by atoms with Crippen molar-refractivity contribution in [3.63, 3.8) is 0 Å². The lowest BCUT2D eigenvalue weighted by molar-refractivity contribution is 0.494. The fourth-order valence-electron chi connectivity index (χ4n) is 2.63. The molecule has 0 amide bonds. The maximum Gasteiger partial charge on any atom is 0.205 e. The fourth-order valence-corrected chi connectivity index (χ4v) is 3.41. The third-order valence-electron chi connectivity index (χ3n) is 3.91. The molecule has 1 aliphatic carbocycles. The first-order chi connectivity index (χ1) is 9.29. The van der Waals surface area contributed by atoms with Crippen LogP contribution in [0.5, 0.6) is 0 Å². The molecule has 2 aliphatic rings. The van der Waals surface area contributed by atoms with E-state index in [2.05, 4.69) is 32.2 Å². The molecule has 5 nitrogen and oxygen atoms in total. The highest BCUT2D eigenvalue weighted by molar-refractivity contribution is 7.09. The highest BCUT2D eigenvalue weighted by atomic mass is 32.1. The zero-order chi connectivity index (χ0) is 12.8. The van der Waals surface area contributed by atoms with Crippen molar-refractivity contribution in [3.8, 4) is 0 Å². The lowest BCUT2D eigenvalue weighted by Crippen LogP contribution is -2.20. The Morgan fingerprint density at radius 2 is 2.21 bits per heavy atom. The summed E-state index contributed by atoms with van der Waals surface area (Å²) < 4.78 is 6.59. The normalized spacial score (nSPS) is 23.2. The van der Waals surface area contributed by atoms with Crippen molar-refractivity contribution >= 4 is 16.7 Å². The van der Waals surface area contributed by atoms with Gasteiger partial charge in [0.1, 0.15) is 5.82 Å². The van der Waals surface area contributed by atoms with E-state index in [0.717, 1.165) is 30.5 Å². The summed E-state index contributed by atoms with van der Waals surface area (Å²) in [5.74, 6) is 1.72. The molecule has 0 radical (unpaired) electrons. The Bertz CT molecular complexity index is 585. The number of aryl methyl sites for hydroxylation is 1. The van der Waals surface area contributed by atoms with Crippen molar-refractivity contribution in [3.05, 3.63) is 23.8 Å². The number of hydrogen-bond acceptors (Lipinski definition) is 5. The number of aromatic nitrogens is 4. The molecule has 1 atom stereocenters. The lowest BCUT2D eigenvalue weighted by Gasteiger charge is -2.14. The molecule has 0 N–H and O–H groups in total. The van der Waals surface area contributed by atoms with Crippen LogP contribution in [0.4, 0.5) is 5.13 Å². The summed E-state index contributed by atoms with van der Waals surface area (Å²) in [6, 6.07) is 0.474. The van der Waals surface area contributed by atoms with Gasteiger partial charge in [-0.2, -0.15) is 9.47 Å². The van der Waals surface area contributed by atoms with Crippen LogP contribution < -0.4 is 4.90 Å². The van der Waals surface area contributed by atoms with Crippen LogP contribution in [0.1, 0.15) is 42.6 Å². The zero-order valence-electron chi connectivity index (χ0n) is 11.0.